The Balaban J connectivity index is 1.33. The molecule has 2 aliphatic heterocycles. The summed E-state index contributed by atoms with van der Waals surface area (Å²) in [6.07, 6.45) is 10.7. The van der Waals surface area contributed by atoms with Gasteiger partial charge in [0.05, 0.1) is 0 Å². The molecule has 0 radical (unpaired) electrons. The number of halogens is 1. The lowest BCUT2D eigenvalue weighted by Gasteiger charge is -2.38. The molecular formula is C30H43FN6S. The Morgan fingerprint density at radius 2 is 1.50 bits per heavy atom. The van der Waals surface area contributed by atoms with E-state index in [0.29, 0.717) is 29.4 Å². The highest BCUT2D eigenvalue weighted by molar-refractivity contribution is 7.80. The van der Waals surface area contributed by atoms with Gasteiger partial charge in [-0.15, -0.1) is 0 Å². The van der Waals surface area contributed by atoms with Gasteiger partial charge in [-0.05, 0) is 80.3 Å². The average molecular weight is 539 g/mol. The van der Waals surface area contributed by atoms with Crippen molar-refractivity contribution < 1.29 is 4.39 Å². The minimum absolute atomic E-state index is 0.0422. The number of piperidine rings is 2. The van der Waals surface area contributed by atoms with Crippen LogP contribution in [-0.2, 0) is 5.41 Å². The predicted octanol–water partition coefficient (Wildman–Crippen LogP) is 6.28. The molecule has 2 N–H and O–H groups in total. The molecule has 206 valence electrons. The lowest BCUT2D eigenvalue weighted by Crippen LogP contribution is -2.44. The summed E-state index contributed by atoms with van der Waals surface area (Å²) in [5.74, 6) is 3.67. The van der Waals surface area contributed by atoms with Crippen molar-refractivity contribution in [1.29, 1.82) is 0 Å². The molecule has 2 atom stereocenters. The second-order valence-electron chi connectivity index (χ2n) is 12.0. The molecule has 2 saturated heterocycles. The van der Waals surface area contributed by atoms with Crippen molar-refractivity contribution in [1.82, 2.24) is 15.3 Å². The van der Waals surface area contributed by atoms with Gasteiger partial charge in [0, 0.05) is 44.2 Å². The van der Waals surface area contributed by atoms with Crippen LogP contribution in [0.1, 0.15) is 77.2 Å². The lowest BCUT2D eigenvalue weighted by atomic mass is 9.69. The van der Waals surface area contributed by atoms with Gasteiger partial charge < -0.3 is 20.4 Å². The topological polar surface area (TPSA) is 56.3 Å². The maximum absolute atomic E-state index is 13.6. The van der Waals surface area contributed by atoms with Crippen molar-refractivity contribution in [3.63, 3.8) is 0 Å². The Kier molecular flexibility index (Phi) is 8.66. The van der Waals surface area contributed by atoms with Crippen LogP contribution in [-0.4, -0.2) is 47.8 Å². The van der Waals surface area contributed by atoms with E-state index < -0.39 is 0 Å². The molecule has 0 spiro atoms. The average Bonchev–Trinajstić information content (AvgIpc) is 2.93. The first kappa shape index (κ1) is 27.1. The fourth-order valence-electron chi connectivity index (χ4n) is 6.59. The van der Waals surface area contributed by atoms with E-state index in [1.807, 2.05) is 12.1 Å². The number of anilines is 3. The molecule has 3 heterocycles. The van der Waals surface area contributed by atoms with E-state index in [2.05, 4.69) is 40.3 Å². The summed E-state index contributed by atoms with van der Waals surface area (Å²) in [6, 6.07) is 9.20. The molecule has 0 bridgehead atoms. The minimum Gasteiger partial charge on any atom is -0.361 e. The number of nitrogens with zero attached hydrogens (tertiary/aromatic N) is 4. The van der Waals surface area contributed by atoms with Crippen molar-refractivity contribution in [3.05, 3.63) is 41.7 Å². The normalized spacial score (nSPS) is 23.7. The third kappa shape index (κ3) is 6.56. The molecule has 3 aliphatic rings. The zero-order chi connectivity index (χ0) is 26.5. The van der Waals surface area contributed by atoms with Crippen LogP contribution in [0.15, 0.2) is 30.3 Å². The zero-order valence-electron chi connectivity index (χ0n) is 23.0. The van der Waals surface area contributed by atoms with E-state index in [9.17, 15) is 4.39 Å². The summed E-state index contributed by atoms with van der Waals surface area (Å²) in [5.41, 5.74) is 1.15. The number of benzene rings is 1. The first-order valence-corrected chi connectivity index (χ1v) is 15.0. The van der Waals surface area contributed by atoms with Gasteiger partial charge in [-0.3, -0.25) is 0 Å². The number of nitrogens with one attached hydrogen (secondary N) is 2. The fourth-order valence-corrected chi connectivity index (χ4v) is 6.76. The number of thiocarbonyl (C=S) groups is 1. The smallest absolute Gasteiger partial charge is 0.232 e. The molecule has 5 rings (SSSR count). The predicted molar refractivity (Wildman–Crippen MR) is 159 cm³/mol. The molecule has 1 aromatic heterocycles. The van der Waals surface area contributed by atoms with Crippen LogP contribution >= 0.6 is 12.2 Å². The van der Waals surface area contributed by atoms with Gasteiger partial charge in [-0.25, -0.2) is 4.39 Å². The molecule has 1 aromatic carbocycles. The van der Waals surface area contributed by atoms with E-state index in [1.54, 1.807) is 12.1 Å². The molecule has 0 unspecified atom stereocenters. The fraction of sp³-hybridized carbons (Fsp3) is 0.633. The largest absolute Gasteiger partial charge is 0.361 e. The summed E-state index contributed by atoms with van der Waals surface area (Å²) in [6.45, 7) is 9.45. The van der Waals surface area contributed by atoms with Crippen LogP contribution in [0.4, 0.5) is 22.0 Å². The number of hydrogen-bond donors (Lipinski definition) is 2. The zero-order valence-corrected chi connectivity index (χ0v) is 23.8. The molecule has 6 nitrogen and oxygen atoms in total. The Hall–Kier alpha value is -2.48. The Labute approximate surface area is 232 Å². The Bertz CT molecular complexity index is 1050. The number of aromatic nitrogens is 2. The second-order valence-corrected chi connectivity index (χ2v) is 12.4. The first-order chi connectivity index (χ1) is 18.4. The highest BCUT2D eigenvalue weighted by Gasteiger charge is 2.34. The highest BCUT2D eigenvalue weighted by atomic mass is 32.1. The Morgan fingerprint density at radius 1 is 0.921 bits per heavy atom. The summed E-state index contributed by atoms with van der Waals surface area (Å²) >= 11 is 5.77. The molecule has 1 saturated carbocycles. The van der Waals surface area contributed by atoms with Gasteiger partial charge >= 0.3 is 0 Å². The highest BCUT2D eigenvalue weighted by Crippen LogP contribution is 2.39. The van der Waals surface area contributed by atoms with Crippen LogP contribution in [0.25, 0.3) is 0 Å². The van der Waals surface area contributed by atoms with E-state index >= 15 is 0 Å². The van der Waals surface area contributed by atoms with E-state index in [4.69, 9.17) is 22.2 Å². The van der Waals surface area contributed by atoms with Crippen molar-refractivity contribution in [3.8, 4) is 0 Å². The van der Waals surface area contributed by atoms with Crippen LogP contribution in [0.3, 0.4) is 0 Å². The van der Waals surface area contributed by atoms with Gasteiger partial charge in [0.2, 0.25) is 5.95 Å². The molecule has 3 fully saturated rings. The Morgan fingerprint density at radius 3 is 2.05 bits per heavy atom. The van der Waals surface area contributed by atoms with Crippen molar-refractivity contribution >= 4 is 34.9 Å². The van der Waals surface area contributed by atoms with Crippen LogP contribution < -0.4 is 20.4 Å². The van der Waals surface area contributed by atoms with Crippen LogP contribution in [0.5, 0.6) is 0 Å². The molecule has 1 aliphatic carbocycles. The third-order valence-corrected chi connectivity index (χ3v) is 8.99. The third-order valence-electron chi connectivity index (χ3n) is 8.74. The van der Waals surface area contributed by atoms with E-state index in [0.717, 1.165) is 50.7 Å². The van der Waals surface area contributed by atoms with Gasteiger partial charge in [-0.1, -0.05) is 45.2 Å². The minimum atomic E-state index is -0.191. The van der Waals surface area contributed by atoms with Crippen molar-refractivity contribution in [2.75, 3.05) is 47.8 Å². The van der Waals surface area contributed by atoms with E-state index in [-0.39, 0.29) is 11.2 Å². The number of rotatable bonds is 6. The molecule has 8 heteroatoms. The summed E-state index contributed by atoms with van der Waals surface area (Å²) in [7, 11) is 0. The van der Waals surface area contributed by atoms with E-state index in [1.165, 1.54) is 50.5 Å². The van der Waals surface area contributed by atoms with Crippen molar-refractivity contribution in [2.24, 2.45) is 11.8 Å². The molecule has 2 aromatic rings. The van der Waals surface area contributed by atoms with Crippen LogP contribution in [0, 0.1) is 17.7 Å². The van der Waals surface area contributed by atoms with Crippen LogP contribution in [0.2, 0.25) is 0 Å². The van der Waals surface area contributed by atoms with Gasteiger partial charge in [0.25, 0.3) is 0 Å². The molecule has 38 heavy (non-hydrogen) atoms. The van der Waals surface area contributed by atoms with Crippen molar-refractivity contribution in [2.45, 2.75) is 77.0 Å². The second kappa shape index (κ2) is 12.1. The summed E-state index contributed by atoms with van der Waals surface area (Å²) in [5, 5.41) is 7.35. The van der Waals surface area contributed by atoms with Gasteiger partial charge in [0.1, 0.15) is 17.5 Å². The standard InChI is InChI=1S/C30H43FN6S/c1-22-8-6-16-36(19-22)26-18-27(37-17-7-9-23(2)20-37)34-28(33-26)35-29(38)32-21-30(14-4-3-5-15-30)24-10-12-25(31)13-11-24/h10-13,18,22-23H,3-9,14-17,19-21H2,1-2H3,(H2,32,33,34,35,38)/t22-,23-/m0/s1. The number of hydrogen-bond acceptors (Lipinski definition) is 5. The molecule has 0 amide bonds. The SMILES string of the molecule is C[C@H]1CCCN(c2cc(N3CCC[C@H](C)C3)nc(NC(=S)NCC3(c4ccc(F)cc4)CCCCC3)n2)C1. The maximum Gasteiger partial charge on any atom is 0.232 e. The summed E-state index contributed by atoms with van der Waals surface area (Å²) < 4.78 is 13.6. The summed E-state index contributed by atoms with van der Waals surface area (Å²) in [4.78, 5) is 14.7. The maximum atomic E-state index is 13.6. The lowest BCUT2D eigenvalue weighted by molar-refractivity contribution is 0.292. The monoisotopic (exact) mass is 538 g/mol. The molecular weight excluding hydrogens is 495 g/mol. The quantitative estimate of drug-likeness (QED) is 0.420. The van der Waals surface area contributed by atoms with Gasteiger partial charge in [0.15, 0.2) is 5.11 Å². The first-order valence-electron chi connectivity index (χ1n) is 14.6. The van der Waals surface area contributed by atoms with Gasteiger partial charge in [-0.2, -0.15) is 9.97 Å².